The van der Waals surface area contributed by atoms with Crippen LogP contribution in [0.3, 0.4) is 0 Å². The van der Waals surface area contributed by atoms with Gasteiger partial charge in [0.05, 0.1) is 23.8 Å². The molecule has 1 unspecified atom stereocenters. The Morgan fingerprint density at radius 1 is 1.24 bits per heavy atom. The monoisotopic (exact) mass is 461 g/mol. The first kappa shape index (κ1) is 23.9. The van der Waals surface area contributed by atoms with Gasteiger partial charge in [0.1, 0.15) is 24.5 Å². The van der Waals surface area contributed by atoms with Crippen LogP contribution in [0.4, 0.5) is 24.7 Å². The van der Waals surface area contributed by atoms with Crippen molar-refractivity contribution in [2.45, 2.75) is 31.7 Å². The molecule has 1 atom stereocenters. The minimum atomic E-state index is -2.79. The third-order valence-corrected chi connectivity index (χ3v) is 4.95. The van der Waals surface area contributed by atoms with Crippen molar-refractivity contribution < 1.29 is 22.8 Å². The number of carbonyl (C=O) groups excluding carboxylic acids is 2. The van der Waals surface area contributed by atoms with Gasteiger partial charge in [-0.15, -0.1) is 0 Å². The maximum Gasteiger partial charge on any atom is 0.245 e. The third-order valence-electron chi connectivity index (χ3n) is 4.95. The lowest BCUT2D eigenvalue weighted by molar-refractivity contribution is -0.131. The fourth-order valence-corrected chi connectivity index (χ4v) is 2.99. The zero-order chi connectivity index (χ0) is 24.0. The number of halogens is 3. The molecule has 9 nitrogen and oxygen atoms in total. The highest BCUT2D eigenvalue weighted by molar-refractivity contribution is 5.93. The van der Waals surface area contributed by atoms with Crippen LogP contribution in [0.1, 0.15) is 25.0 Å². The fraction of sp³-hybridized carbons (Fsp3) is 0.429. The van der Waals surface area contributed by atoms with E-state index in [1.54, 1.807) is 0 Å². The molecule has 0 aliphatic heterocycles. The summed E-state index contributed by atoms with van der Waals surface area (Å²) in [5.41, 5.74) is 0.553. The van der Waals surface area contributed by atoms with Crippen LogP contribution in [-0.4, -0.2) is 64.4 Å². The molecule has 2 amide bonds. The summed E-state index contributed by atoms with van der Waals surface area (Å²) >= 11 is 0. The van der Waals surface area contributed by atoms with Crippen LogP contribution in [0, 0.1) is 17.2 Å². The average molecular weight is 461 g/mol. The summed E-state index contributed by atoms with van der Waals surface area (Å²) in [4.78, 5) is 37.7. The highest BCUT2D eigenvalue weighted by Gasteiger charge is 2.30. The van der Waals surface area contributed by atoms with Crippen LogP contribution in [-0.2, 0) is 9.59 Å². The van der Waals surface area contributed by atoms with Crippen molar-refractivity contribution >= 4 is 23.3 Å². The number of nitrogens with one attached hydrogen (secondary N) is 2. The van der Waals surface area contributed by atoms with Gasteiger partial charge >= 0.3 is 0 Å². The molecule has 0 bridgehead atoms. The van der Waals surface area contributed by atoms with E-state index in [9.17, 15) is 28.0 Å². The summed E-state index contributed by atoms with van der Waals surface area (Å²) in [6.07, 6.45) is 0.851. The van der Waals surface area contributed by atoms with Gasteiger partial charge in [-0.2, -0.15) is 5.26 Å². The Labute approximate surface area is 188 Å². The van der Waals surface area contributed by atoms with Gasteiger partial charge in [-0.05, 0) is 25.0 Å². The van der Waals surface area contributed by atoms with Crippen molar-refractivity contribution in [1.29, 1.82) is 5.26 Å². The molecule has 33 heavy (non-hydrogen) atoms. The molecule has 1 aliphatic rings. The second kappa shape index (κ2) is 10.7. The van der Waals surface area contributed by atoms with E-state index in [2.05, 4.69) is 25.6 Å². The second-order valence-corrected chi connectivity index (χ2v) is 7.53. The van der Waals surface area contributed by atoms with Crippen molar-refractivity contribution in [3.05, 3.63) is 30.2 Å². The number of pyridine rings is 1. The van der Waals surface area contributed by atoms with Crippen LogP contribution < -0.4 is 10.6 Å². The minimum absolute atomic E-state index is 0.0175. The summed E-state index contributed by atoms with van der Waals surface area (Å²) in [7, 11) is 1.31. The number of likely N-dealkylation sites (N-methyl/N-ethyl adjacent to an activating group) is 1. The Balaban J connectivity index is 1.77. The number of hydrogen-bond donors (Lipinski definition) is 2. The highest BCUT2D eigenvalue weighted by Crippen LogP contribution is 2.30. The van der Waals surface area contributed by atoms with E-state index < -0.39 is 31.5 Å². The number of rotatable bonds is 10. The van der Waals surface area contributed by atoms with Crippen LogP contribution in [0.5, 0.6) is 0 Å². The quantitative estimate of drug-likeness (QED) is 0.557. The molecule has 1 saturated carbocycles. The summed E-state index contributed by atoms with van der Waals surface area (Å²) in [6.45, 7) is -1.05. The first-order valence-electron chi connectivity index (χ1n) is 10.2. The van der Waals surface area contributed by atoms with Crippen molar-refractivity contribution in [1.82, 2.24) is 19.9 Å². The molecule has 174 valence electrons. The maximum atomic E-state index is 13.0. The van der Waals surface area contributed by atoms with E-state index in [1.807, 2.05) is 6.07 Å². The molecule has 0 saturated heterocycles. The standard InChI is InChI=1S/C21H22F3N7O2/c1-31(7-6-22)21(33)15(8-18(23)24)28-13-4-5-14(29-16(13)9-25)17-10-27-19(11-26-17)30-20(32)12-2-3-12/h4-5,10-12,15,18,28H,2-3,6-8H2,1H3,(H,27,30,32). The Hall–Kier alpha value is -3.75. The van der Waals surface area contributed by atoms with Crippen molar-refractivity contribution in [3.63, 3.8) is 0 Å². The summed E-state index contributed by atoms with van der Waals surface area (Å²) in [5, 5.41) is 14.8. The molecule has 2 aromatic rings. The lowest BCUT2D eigenvalue weighted by Gasteiger charge is -2.24. The molecular weight excluding hydrogens is 439 g/mol. The van der Waals surface area contributed by atoms with Gasteiger partial charge in [0.2, 0.25) is 18.2 Å². The number of carbonyl (C=O) groups is 2. The molecule has 2 aromatic heterocycles. The number of nitriles is 1. The van der Waals surface area contributed by atoms with Crippen LogP contribution in [0.25, 0.3) is 11.4 Å². The largest absolute Gasteiger partial charge is 0.371 e. The minimum Gasteiger partial charge on any atom is -0.371 e. The second-order valence-electron chi connectivity index (χ2n) is 7.53. The first-order chi connectivity index (χ1) is 15.8. The molecular formula is C21H22F3N7O2. The van der Waals surface area contributed by atoms with Crippen LogP contribution in [0.15, 0.2) is 24.5 Å². The van der Waals surface area contributed by atoms with E-state index in [0.29, 0.717) is 11.5 Å². The van der Waals surface area contributed by atoms with Gasteiger partial charge in [-0.3, -0.25) is 9.59 Å². The maximum absolute atomic E-state index is 13.0. The Morgan fingerprint density at radius 2 is 2.00 bits per heavy atom. The topological polar surface area (TPSA) is 124 Å². The van der Waals surface area contributed by atoms with Crippen molar-refractivity contribution in [3.8, 4) is 17.5 Å². The zero-order valence-electron chi connectivity index (χ0n) is 17.8. The van der Waals surface area contributed by atoms with Crippen molar-refractivity contribution in [2.75, 3.05) is 30.9 Å². The molecule has 0 radical (unpaired) electrons. The van der Waals surface area contributed by atoms with Gasteiger partial charge in [0.15, 0.2) is 11.5 Å². The van der Waals surface area contributed by atoms with Crippen molar-refractivity contribution in [2.24, 2.45) is 5.92 Å². The first-order valence-corrected chi connectivity index (χ1v) is 10.2. The zero-order valence-corrected chi connectivity index (χ0v) is 17.8. The van der Waals surface area contributed by atoms with Gasteiger partial charge in [0.25, 0.3) is 0 Å². The Kier molecular flexibility index (Phi) is 7.76. The number of amides is 2. The van der Waals surface area contributed by atoms with Crippen LogP contribution >= 0.6 is 0 Å². The van der Waals surface area contributed by atoms with Crippen LogP contribution in [0.2, 0.25) is 0 Å². The Bertz CT molecular complexity index is 1040. The molecule has 12 heteroatoms. The molecule has 1 fully saturated rings. The predicted octanol–water partition coefficient (Wildman–Crippen LogP) is 2.62. The summed E-state index contributed by atoms with van der Waals surface area (Å²) in [6, 6.07) is 3.41. The highest BCUT2D eigenvalue weighted by atomic mass is 19.3. The van der Waals surface area contributed by atoms with E-state index in [0.717, 1.165) is 17.7 Å². The fourth-order valence-electron chi connectivity index (χ4n) is 2.99. The number of alkyl halides is 3. The molecule has 0 spiro atoms. The summed E-state index contributed by atoms with van der Waals surface area (Å²) in [5.74, 6) is -0.526. The number of hydrogen-bond acceptors (Lipinski definition) is 7. The third kappa shape index (κ3) is 6.38. The van der Waals surface area contributed by atoms with Gasteiger partial charge in [-0.25, -0.2) is 28.1 Å². The molecule has 2 heterocycles. The lowest BCUT2D eigenvalue weighted by atomic mass is 10.1. The molecule has 1 aliphatic carbocycles. The average Bonchev–Trinajstić information content (AvgIpc) is 3.64. The number of aromatic nitrogens is 3. The molecule has 0 aromatic carbocycles. The normalized spacial score (nSPS) is 13.8. The number of anilines is 2. The van der Waals surface area contributed by atoms with Gasteiger partial charge < -0.3 is 15.5 Å². The van der Waals surface area contributed by atoms with E-state index in [1.165, 1.54) is 31.6 Å². The predicted molar refractivity (Wildman–Crippen MR) is 113 cm³/mol. The molecule has 3 rings (SSSR count). The molecule has 2 N–H and O–H groups in total. The number of nitrogens with zero attached hydrogens (tertiary/aromatic N) is 5. The summed E-state index contributed by atoms with van der Waals surface area (Å²) < 4.78 is 38.6. The van der Waals surface area contributed by atoms with Gasteiger partial charge in [0, 0.05) is 25.9 Å². The van der Waals surface area contributed by atoms with E-state index in [4.69, 9.17) is 0 Å². The van der Waals surface area contributed by atoms with E-state index in [-0.39, 0.29) is 35.4 Å². The Morgan fingerprint density at radius 3 is 2.58 bits per heavy atom. The van der Waals surface area contributed by atoms with Gasteiger partial charge in [-0.1, -0.05) is 0 Å². The smallest absolute Gasteiger partial charge is 0.245 e. The SMILES string of the molecule is CN(CCF)C(=O)C(CC(F)F)Nc1ccc(-c2cnc(NC(=O)C3CC3)cn2)nc1C#N. The lowest BCUT2D eigenvalue weighted by Crippen LogP contribution is -2.43. The van der Waals surface area contributed by atoms with E-state index >= 15 is 0 Å².